The molecule has 5 heteroatoms. The van der Waals surface area contributed by atoms with Gasteiger partial charge in [-0.15, -0.1) is 0 Å². The van der Waals surface area contributed by atoms with Crippen LogP contribution >= 0.6 is 11.8 Å². The summed E-state index contributed by atoms with van der Waals surface area (Å²) >= 11 is 1.81. The van der Waals surface area contributed by atoms with Crippen molar-refractivity contribution in [2.75, 3.05) is 18.6 Å². The second kappa shape index (κ2) is 5.50. The second-order valence-corrected chi connectivity index (χ2v) is 4.93. The van der Waals surface area contributed by atoms with Gasteiger partial charge in [-0.3, -0.25) is 9.36 Å². The van der Waals surface area contributed by atoms with Crippen LogP contribution in [0, 0.1) is 0 Å². The van der Waals surface area contributed by atoms with Gasteiger partial charge in [0.2, 0.25) is 0 Å². The first kappa shape index (κ1) is 11.7. The summed E-state index contributed by atoms with van der Waals surface area (Å²) in [5, 5.41) is 3.23. The van der Waals surface area contributed by atoms with E-state index >= 15 is 0 Å². The van der Waals surface area contributed by atoms with Crippen LogP contribution in [0.15, 0.2) is 11.1 Å². The van der Waals surface area contributed by atoms with Crippen molar-refractivity contribution in [1.29, 1.82) is 0 Å². The molecule has 1 N–H and O–H groups in total. The molecule has 0 aliphatic carbocycles. The number of nitrogens with one attached hydrogen (secondary N) is 1. The van der Waals surface area contributed by atoms with Gasteiger partial charge in [0, 0.05) is 18.7 Å². The maximum Gasteiger partial charge on any atom is 0.256 e. The molecule has 1 aromatic rings. The van der Waals surface area contributed by atoms with Crippen molar-refractivity contribution in [3.8, 4) is 0 Å². The van der Waals surface area contributed by atoms with Gasteiger partial charge in [0.1, 0.15) is 0 Å². The van der Waals surface area contributed by atoms with Gasteiger partial charge in [-0.25, -0.2) is 4.98 Å². The molecule has 0 aromatic carbocycles. The number of thioether (sulfide) groups is 1. The number of hydrogen-bond acceptors (Lipinski definition) is 4. The van der Waals surface area contributed by atoms with Gasteiger partial charge in [0.15, 0.2) is 0 Å². The summed E-state index contributed by atoms with van der Waals surface area (Å²) in [5.41, 5.74) is 2.00. The van der Waals surface area contributed by atoms with Crippen molar-refractivity contribution in [2.45, 2.75) is 25.9 Å². The van der Waals surface area contributed by atoms with Crippen LogP contribution in [0.25, 0.3) is 0 Å². The fourth-order valence-corrected chi connectivity index (χ4v) is 2.35. The Morgan fingerprint density at radius 1 is 1.62 bits per heavy atom. The largest absolute Gasteiger partial charge is 0.311 e. The highest BCUT2D eigenvalue weighted by Gasteiger charge is 2.14. The molecule has 1 aliphatic rings. The van der Waals surface area contributed by atoms with E-state index in [0.29, 0.717) is 0 Å². The van der Waals surface area contributed by atoms with Gasteiger partial charge in [-0.05, 0) is 31.4 Å². The summed E-state index contributed by atoms with van der Waals surface area (Å²) in [5.74, 6) is 1.09. The van der Waals surface area contributed by atoms with E-state index in [4.69, 9.17) is 0 Å². The van der Waals surface area contributed by atoms with Gasteiger partial charge < -0.3 is 5.32 Å². The number of fused-ring (bicyclic) bond motifs is 1. The van der Waals surface area contributed by atoms with Crippen LogP contribution in [0.3, 0.4) is 0 Å². The Hall–Kier alpha value is -0.810. The molecule has 0 atom stereocenters. The smallest absolute Gasteiger partial charge is 0.256 e. The average molecular weight is 239 g/mol. The van der Waals surface area contributed by atoms with Crippen LogP contribution in [0.5, 0.6) is 0 Å². The van der Waals surface area contributed by atoms with E-state index in [0.717, 1.165) is 49.5 Å². The molecular formula is C11H17N3OS. The summed E-state index contributed by atoms with van der Waals surface area (Å²) in [7, 11) is 0. The number of aryl methyl sites for hydroxylation is 1. The van der Waals surface area contributed by atoms with E-state index in [2.05, 4.69) is 16.6 Å². The Balaban J connectivity index is 2.17. The third-order valence-electron chi connectivity index (χ3n) is 2.81. The zero-order valence-corrected chi connectivity index (χ0v) is 10.3. The van der Waals surface area contributed by atoms with Crippen LogP contribution < -0.4 is 10.9 Å². The van der Waals surface area contributed by atoms with Crippen molar-refractivity contribution >= 4 is 11.8 Å². The molecule has 2 rings (SSSR count). The molecule has 0 bridgehead atoms. The minimum atomic E-state index is 0.160. The zero-order chi connectivity index (χ0) is 11.4. The molecular weight excluding hydrogens is 222 g/mol. The molecule has 0 saturated heterocycles. The van der Waals surface area contributed by atoms with Crippen LogP contribution in [-0.2, 0) is 19.5 Å². The Bertz CT molecular complexity index is 416. The molecule has 1 aromatic heterocycles. The minimum Gasteiger partial charge on any atom is -0.311 e. The van der Waals surface area contributed by atoms with Crippen molar-refractivity contribution in [3.05, 3.63) is 27.9 Å². The van der Waals surface area contributed by atoms with Crippen LogP contribution in [0.2, 0.25) is 0 Å². The second-order valence-electron chi connectivity index (χ2n) is 3.94. The molecule has 0 unspecified atom stereocenters. The summed E-state index contributed by atoms with van der Waals surface area (Å²) in [4.78, 5) is 16.4. The Morgan fingerprint density at radius 2 is 2.50 bits per heavy atom. The first-order valence-electron chi connectivity index (χ1n) is 5.60. The molecule has 2 heterocycles. The molecule has 1 aliphatic heterocycles. The molecule has 0 radical (unpaired) electrons. The third kappa shape index (κ3) is 2.47. The topological polar surface area (TPSA) is 46.9 Å². The standard InChI is InChI=1S/C11H17N3OS/c1-16-6-2-5-14-8-13-10-7-12-4-3-9(10)11(14)15/h8,12H,2-7H2,1H3. The zero-order valence-electron chi connectivity index (χ0n) is 9.53. The van der Waals surface area contributed by atoms with Gasteiger partial charge in [0.05, 0.1) is 12.0 Å². The van der Waals surface area contributed by atoms with Crippen molar-refractivity contribution in [2.24, 2.45) is 0 Å². The predicted octanol–water partition coefficient (Wildman–Crippen LogP) is 0.642. The van der Waals surface area contributed by atoms with Crippen LogP contribution in [-0.4, -0.2) is 28.1 Å². The number of nitrogens with zero attached hydrogens (tertiary/aromatic N) is 2. The van der Waals surface area contributed by atoms with E-state index in [1.54, 1.807) is 10.9 Å². The Labute approximate surface area is 99.5 Å². The molecule has 4 nitrogen and oxygen atoms in total. The maximum atomic E-state index is 12.1. The number of hydrogen-bond donors (Lipinski definition) is 1. The monoisotopic (exact) mass is 239 g/mol. The van der Waals surface area contributed by atoms with Gasteiger partial charge in [-0.1, -0.05) is 0 Å². The molecule has 0 saturated carbocycles. The lowest BCUT2D eigenvalue weighted by atomic mass is 10.1. The fourth-order valence-electron chi connectivity index (χ4n) is 1.93. The van der Waals surface area contributed by atoms with E-state index in [-0.39, 0.29) is 5.56 Å². The Kier molecular flexibility index (Phi) is 4.01. The van der Waals surface area contributed by atoms with Crippen LogP contribution in [0.4, 0.5) is 0 Å². The van der Waals surface area contributed by atoms with E-state index in [9.17, 15) is 4.79 Å². The Morgan fingerprint density at radius 3 is 3.31 bits per heavy atom. The molecule has 0 fully saturated rings. The van der Waals surface area contributed by atoms with Crippen molar-refractivity contribution < 1.29 is 0 Å². The SMILES string of the molecule is CSCCCn1cnc2c(c1=O)CCNC2. The van der Waals surface area contributed by atoms with E-state index in [1.165, 1.54) is 0 Å². The predicted molar refractivity (Wildman–Crippen MR) is 66.9 cm³/mol. The number of aromatic nitrogens is 2. The van der Waals surface area contributed by atoms with Gasteiger partial charge in [-0.2, -0.15) is 11.8 Å². The first-order chi connectivity index (χ1) is 7.83. The molecule has 16 heavy (non-hydrogen) atoms. The normalized spacial score (nSPS) is 14.8. The molecule has 88 valence electrons. The lowest BCUT2D eigenvalue weighted by Crippen LogP contribution is -2.34. The highest BCUT2D eigenvalue weighted by atomic mass is 32.2. The average Bonchev–Trinajstić information content (AvgIpc) is 2.33. The first-order valence-corrected chi connectivity index (χ1v) is 6.99. The van der Waals surface area contributed by atoms with Gasteiger partial charge in [0.25, 0.3) is 5.56 Å². The lowest BCUT2D eigenvalue weighted by Gasteiger charge is -2.16. The van der Waals surface area contributed by atoms with Gasteiger partial charge >= 0.3 is 0 Å². The quantitative estimate of drug-likeness (QED) is 0.783. The highest BCUT2D eigenvalue weighted by Crippen LogP contribution is 2.06. The molecule has 0 amide bonds. The van der Waals surface area contributed by atoms with Crippen molar-refractivity contribution in [3.63, 3.8) is 0 Å². The minimum absolute atomic E-state index is 0.160. The highest BCUT2D eigenvalue weighted by molar-refractivity contribution is 7.98. The summed E-state index contributed by atoms with van der Waals surface area (Å²) < 4.78 is 1.75. The van der Waals surface area contributed by atoms with Crippen molar-refractivity contribution in [1.82, 2.24) is 14.9 Å². The van der Waals surface area contributed by atoms with E-state index < -0.39 is 0 Å². The summed E-state index contributed by atoms with van der Waals surface area (Å²) in [6, 6.07) is 0. The summed E-state index contributed by atoms with van der Waals surface area (Å²) in [6.07, 6.45) is 5.61. The van der Waals surface area contributed by atoms with Crippen LogP contribution in [0.1, 0.15) is 17.7 Å². The maximum absolute atomic E-state index is 12.1. The lowest BCUT2D eigenvalue weighted by molar-refractivity contribution is 0.577. The molecule has 0 spiro atoms. The fraction of sp³-hybridized carbons (Fsp3) is 0.636. The van der Waals surface area contributed by atoms with E-state index in [1.807, 2.05) is 11.8 Å². The number of rotatable bonds is 4. The summed E-state index contributed by atoms with van der Waals surface area (Å²) in [6.45, 7) is 2.41. The third-order valence-corrected chi connectivity index (χ3v) is 3.51.